The van der Waals surface area contributed by atoms with Crippen LogP contribution in [0.5, 0.6) is 17.2 Å². The van der Waals surface area contributed by atoms with Crippen molar-refractivity contribution in [2.45, 2.75) is 12.5 Å². The van der Waals surface area contributed by atoms with Crippen molar-refractivity contribution in [3.8, 4) is 28.6 Å². The van der Waals surface area contributed by atoms with E-state index in [4.69, 9.17) is 14.0 Å². The molecule has 0 saturated heterocycles. The second-order valence-corrected chi connectivity index (χ2v) is 7.24. The summed E-state index contributed by atoms with van der Waals surface area (Å²) < 4.78 is 16.6. The Bertz CT molecular complexity index is 1180. The second-order valence-electron chi connectivity index (χ2n) is 7.24. The number of fused-ring (bicyclic) bond motifs is 2. The third-order valence-electron chi connectivity index (χ3n) is 5.32. The second kappa shape index (κ2) is 7.99. The van der Waals surface area contributed by atoms with E-state index in [-0.39, 0.29) is 12.5 Å². The molecule has 0 atom stereocenters. The molecule has 1 aromatic heterocycles. The lowest BCUT2D eigenvalue weighted by atomic mass is 9.87. The van der Waals surface area contributed by atoms with Crippen molar-refractivity contribution in [1.29, 1.82) is 0 Å². The Morgan fingerprint density at radius 3 is 2.26 bits per heavy atom. The van der Waals surface area contributed by atoms with E-state index in [2.05, 4.69) is 10.5 Å². The molecule has 154 valence electrons. The first-order chi connectivity index (χ1) is 15.2. The Kier molecular flexibility index (Phi) is 4.88. The first-order valence-electron chi connectivity index (χ1n) is 9.96. The summed E-state index contributed by atoms with van der Waals surface area (Å²) in [6.45, 7) is 0.264. The first-order valence-corrected chi connectivity index (χ1v) is 9.96. The molecule has 0 aliphatic carbocycles. The van der Waals surface area contributed by atoms with Crippen LogP contribution in [0.1, 0.15) is 22.7 Å². The largest absolute Gasteiger partial charge is 0.497 e. The summed E-state index contributed by atoms with van der Waals surface area (Å²) >= 11 is 0. The van der Waals surface area contributed by atoms with Gasteiger partial charge in [0.15, 0.2) is 5.76 Å². The van der Waals surface area contributed by atoms with E-state index >= 15 is 0 Å². The van der Waals surface area contributed by atoms with Crippen molar-refractivity contribution in [2.75, 3.05) is 7.11 Å². The highest BCUT2D eigenvalue weighted by Gasteiger charge is 2.32. The highest BCUT2D eigenvalue weighted by Crippen LogP contribution is 2.43. The van der Waals surface area contributed by atoms with E-state index in [1.807, 2.05) is 78.9 Å². The predicted molar refractivity (Wildman–Crippen MR) is 115 cm³/mol. The van der Waals surface area contributed by atoms with Gasteiger partial charge in [-0.1, -0.05) is 41.6 Å². The number of ether oxygens (including phenoxy) is 2. The average Bonchev–Trinajstić information content (AvgIpc) is 3.30. The number of benzene rings is 3. The minimum Gasteiger partial charge on any atom is -0.497 e. The normalized spacial score (nSPS) is 12.4. The Morgan fingerprint density at radius 1 is 0.968 bits per heavy atom. The Balaban J connectivity index is 1.34. The number of hydrogen-bond donors (Lipinski definition) is 1. The maximum Gasteiger partial charge on any atom is 0.232 e. The number of carbonyl (C=O) groups excluding carboxylic acids is 1. The lowest BCUT2D eigenvalue weighted by molar-refractivity contribution is -0.122. The zero-order chi connectivity index (χ0) is 21.2. The summed E-state index contributed by atoms with van der Waals surface area (Å²) in [4.78, 5) is 13.2. The van der Waals surface area contributed by atoms with E-state index in [0.29, 0.717) is 23.0 Å². The molecule has 2 heterocycles. The SMILES string of the molecule is COc1ccc(-c2cc(CNC(=O)C3c4ccccc4Oc4ccccc43)no2)cc1. The molecule has 0 saturated carbocycles. The molecule has 1 N–H and O–H groups in total. The number of para-hydroxylation sites is 2. The molecule has 6 heteroatoms. The summed E-state index contributed by atoms with van der Waals surface area (Å²) in [7, 11) is 1.62. The van der Waals surface area contributed by atoms with E-state index < -0.39 is 5.92 Å². The maximum absolute atomic E-state index is 13.2. The van der Waals surface area contributed by atoms with E-state index in [9.17, 15) is 4.79 Å². The number of carbonyl (C=O) groups is 1. The van der Waals surface area contributed by atoms with Crippen molar-refractivity contribution >= 4 is 5.91 Å². The zero-order valence-electron chi connectivity index (χ0n) is 16.9. The third-order valence-corrected chi connectivity index (χ3v) is 5.32. The van der Waals surface area contributed by atoms with Crippen molar-refractivity contribution in [3.05, 3.63) is 95.7 Å². The standard InChI is InChI=1S/C25H20N2O4/c1-29-18-12-10-16(11-13-18)23-14-17(27-31-23)15-26-25(28)24-19-6-2-4-8-21(19)30-22-9-5-3-7-20(22)24/h2-14,24H,15H2,1H3,(H,26,28). The fourth-order valence-corrected chi connectivity index (χ4v) is 3.76. The lowest BCUT2D eigenvalue weighted by Gasteiger charge is -2.27. The Labute approximate surface area is 179 Å². The molecule has 0 unspecified atom stereocenters. The number of hydrogen-bond acceptors (Lipinski definition) is 5. The van der Waals surface area contributed by atoms with Crippen LogP contribution in [-0.4, -0.2) is 18.2 Å². The van der Waals surface area contributed by atoms with E-state index in [1.54, 1.807) is 7.11 Å². The van der Waals surface area contributed by atoms with Crippen LogP contribution >= 0.6 is 0 Å². The maximum atomic E-state index is 13.2. The number of nitrogens with zero attached hydrogens (tertiary/aromatic N) is 1. The molecule has 4 aromatic rings. The van der Waals surface area contributed by atoms with Crippen LogP contribution < -0.4 is 14.8 Å². The van der Waals surface area contributed by atoms with Gasteiger partial charge in [-0.3, -0.25) is 4.79 Å². The first kappa shape index (κ1) is 18.9. The smallest absolute Gasteiger partial charge is 0.232 e. The van der Waals surface area contributed by atoms with Crippen LogP contribution in [-0.2, 0) is 11.3 Å². The van der Waals surface area contributed by atoms with Gasteiger partial charge in [-0.05, 0) is 36.4 Å². The third kappa shape index (κ3) is 3.64. The van der Waals surface area contributed by atoms with Crippen LogP contribution in [0.3, 0.4) is 0 Å². The molecule has 1 aliphatic rings. The van der Waals surface area contributed by atoms with Gasteiger partial charge in [0.1, 0.15) is 22.9 Å². The molecule has 5 rings (SSSR count). The van der Waals surface area contributed by atoms with Gasteiger partial charge in [-0.25, -0.2) is 0 Å². The number of aromatic nitrogens is 1. The van der Waals surface area contributed by atoms with E-state index in [1.165, 1.54) is 0 Å². The molecule has 6 nitrogen and oxygen atoms in total. The van der Waals surface area contributed by atoms with Gasteiger partial charge in [0.25, 0.3) is 0 Å². The summed E-state index contributed by atoms with van der Waals surface area (Å²) in [5.41, 5.74) is 3.22. The monoisotopic (exact) mass is 412 g/mol. The average molecular weight is 412 g/mol. The molecular weight excluding hydrogens is 392 g/mol. The van der Waals surface area contributed by atoms with Gasteiger partial charge < -0.3 is 19.3 Å². The summed E-state index contributed by atoms with van der Waals surface area (Å²) in [5, 5.41) is 7.09. The minimum absolute atomic E-state index is 0.114. The molecular formula is C25H20N2O4. The number of rotatable bonds is 5. The molecule has 1 amide bonds. The number of methoxy groups -OCH3 is 1. The topological polar surface area (TPSA) is 73.6 Å². The molecule has 31 heavy (non-hydrogen) atoms. The minimum atomic E-state index is -0.450. The number of nitrogens with one attached hydrogen (secondary N) is 1. The quantitative estimate of drug-likeness (QED) is 0.504. The van der Waals surface area contributed by atoms with Crippen molar-refractivity contribution < 1.29 is 18.8 Å². The van der Waals surface area contributed by atoms with Crippen LogP contribution in [0, 0.1) is 0 Å². The molecule has 3 aromatic carbocycles. The van der Waals surface area contributed by atoms with Gasteiger partial charge in [-0.15, -0.1) is 0 Å². The van der Waals surface area contributed by atoms with E-state index in [0.717, 1.165) is 22.4 Å². The molecule has 0 radical (unpaired) electrons. The molecule has 0 spiro atoms. The molecule has 1 aliphatic heterocycles. The highest BCUT2D eigenvalue weighted by molar-refractivity contribution is 5.89. The van der Waals surface area contributed by atoms with Crippen LogP contribution in [0.4, 0.5) is 0 Å². The van der Waals surface area contributed by atoms with Gasteiger partial charge in [-0.2, -0.15) is 0 Å². The van der Waals surface area contributed by atoms with Gasteiger partial charge in [0.05, 0.1) is 19.6 Å². The molecule has 0 bridgehead atoms. The number of amides is 1. The highest BCUT2D eigenvalue weighted by atomic mass is 16.5. The van der Waals surface area contributed by atoms with Gasteiger partial charge >= 0.3 is 0 Å². The van der Waals surface area contributed by atoms with Crippen molar-refractivity contribution in [3.63, 3.8) is 0 Å². The van der Waals surface area contributed by atoms with Gasteiger partial charge in [0.2, 0.25) is 5.91 Å². The van der Waals surface area contributed by atoms with Crippen LogP contribution in [0.15, 0.2) is 83.4 Å². The fraction of sp³-hybridized carbons (Fsp3) is 0.120. The predicted octanol–water partition coefficient (Wildman–Crippen LogP) is 4.90. The lowest BCUT2D eigenvalue weighted by Crippen LogP contribution is -2.31. The van der Waals surface area contributed by atoms with Crippen LogP contribution in [0.2, 0.25) is 0 Å². The van der Waals surface area contributed by atoms with Crippen molar-refractivity contribution in [1.82, 2.24) is 10.5 Å². The summed E-state index contributed by atoms with van der Waals surface area (Å²) in [5.74, 6) is 2.24. The fourth-order valence-electron chi connectivity index (χ4n) is 3.76. The van der Waals surface area contributed by atoms with Crippen molar-refractivity contribution in [2.24, 2.45) is 0 Å². The summed E-state index contributed by atoms with van der Waals surface area (Å²) in [6, 6.07) is 24.6. The summed E-state index contributed by atoms with van der Waals surface area (Å²) in [6.07, 6.45) is 0. The Morgan fingerprint density at radius 2 is 1.61 bits per heavy atom. The zero-order valence-corrected chi connectivity index (χ0v) is 16.9. The van der Waals surface area contributed by atoms with Crippen LogP contribution in [0.25, 0.3) is 11.3 Å². The van der Waals surface area contributed by atoms with Gasteiger partial charge in [0, 0.05) is 22.8 Å². The molecule has 0 fully saturated rings. The Hall–Kier alpha value is -4.06.